The number of hydrogen-bond donors (Lipinski definition) is 2. The second-order valence-electron chi connectivity index (χ2n) is 10.6. The van der Waals surface area contributed by atoms with Crippen molar-refractivity contribution in [1.82, 2.24) is 10.3 Å². The summed E-state index contributed by atoms with van der Waals surface area (Å²) >= 11 is 0. The molecule has 2 heterocycles. The first kappa shape index (κ1) is 20.4. The lowest BCUT2D eigenvalue weighted by Gasteiger charge is -2.45. The zero-order valence-electron chi connectivity index (χ0n) is 19.4. The highest BCUT2D eigenvalue weighted by Crippen LogP contribution is 2.64. The van der Waals surface area contributed by atoms with Gasteiger partial charge in [-0.2, -0.15) is 0 Å². The summed E-state index contributed by atoms with van der Waals surface area (Å²) in [7, 11) is 0. The fraction of sp³-hybridized carbons (Fsp3) is 0.323. The summed E-state index contributed by atoms with van der Waals surface area (Å²) in [4.78, 5) is 4.79. The summed E-state index contributed by atoms with van der Waals surface area (Å²) in [6.45, 7) is 1.91. The Morgan fingerprint density at radius 3 is 2.26 bits per heavy atom. The molecule has 1 aromatic heterocycles. The van der Waals surface area contributed by atoms with Crippen LogP contribution in [0.25, 0.3) is 10.9 Å². The van der Waals surface area contributed by atoms with Gasteiger partial charge in [0.1, 0.15) is 0 Å². The van der Waals surface area contributed by atoms with Crippen LogP contribution in [-0.4, -0.2) is 23.2 Å². The van der Waals surface area contributed by atoms with Gasteiger partial charge in [0.05, 0.1) is 11.1 Å². The van der Waals surface area contributed by atoms with E-state index in [1.54, 1.807) is 0 Å². The van der Waals surface area contributed by atoms with Crippen molar-refractivity contribution in [3.8, 4) is 0 Å². The number of para-hydroxylation sites is 1. The number of nitrogens with zero attached hydrogens (tertiary/aromatic N) is 1. The van der Waals surface area contributed by atoms with Crippen molar-refractivity contribution in [1.29, 1.82) is 0 Å². The van der Waals surface area contributed by atoms with Crippen molar-refractivity contribution in [2.75, 3.05) is 13.1 Å². The molecule has 1 aliphatic heterocycles. The van der Waals surface area contributed by atoms with E-state index < -0.39 is 5.60 Å². The van der Waals surface area contributed by atoms with Gasteiger partial charge in [0, 0.05) is 28.5 Å². The lowest BCUT2D eigenvalue weighted by atomic mass is 9.63. The summed E-state index contributed by atoms with van der Waals surface area (Å²) in [5.41, 5.74) is 6.57. The molecule has 3 heteroatoms. The van der Waals surface area contributed by atoms with E-state index in [0.717, 1.165) is 48.8 Å². The minimum Gasteiger partial charge on any atom is -0.385 e. The van der Waals surface area contributed by atoms with Crippen LogP contribution in [0.1, 0.15) is 59.4 Å². The first-order valence-corrected chi connectivity index (χ1v) is 12.7. The van der Waals surface area contributed by atoms with Crippen LogP contribution in [0.2, 0.25) is 0 Å². The number of benzene rings is 3. The number of aliphatic hydroxyl groups is 1. The fourth-order valence-corrected chi connectivity index (χ4v) is 7.39. The molecule has 3 nitrogen and oxygen atoms in total. The summed E-state index contributed by atoms with van der Waals surface area (Å²) < 4.78 is 0. The van der Waals surface area contributed by atoms with Crippen LogP contribution in [0, 0.1) is 5.92 Å². The number of pyridine rings is 1. The topological polar surface area (TPSA) is 45.2 Å². The monoisotopic (exact) mass is 446 g/mol. The van der Waals surface area contributed by atoms with Gasteiger partial charge in [-0.3, -0.25) is 4.98 Å². The molecule has 1 unspecified atom stereocenters. The van der Waals surface area contributed by atoms with Gasteiger partial charge in [0.25, 0.3) is 0 Å². The van der Waals surface area contributed by atoms with Gasteiger partial charge in [-0.05, 0) is 79.1 Å². The Labute approximate surface area is 200 Å². The minimum atomic E-state index is -0.946. The number of rotatable bonds is 4. The lowest BCUT2D eigenvalue weighted by molar-refractivity contribution is -0.0566. The van der Waals surface area contributed by atoms with Gasteiger partial charge in [0.15, 0.2) is 0 Å². The molecule has 3 aliphatic rings. The van der Waals surface area contributed by atoms with E-state index in [4.69, 9.17) is 4.98 Å². The molecular weight excluding hydrogens is 416 g/mol. The molecular formula is C31H30N2O. The summed E-state index contributed by atoms with van der Waals surface area (Å²) in [6.07, 6.45) is 5.66. The molecule has 170 valence electrons. The summed E-state index contributed by atoms with van der Waals surface area (Å²) in [5.74, 6) is 0.629. The van der Waals surface area contributed by atoms with Gasteiger partial charge in [-0.1, -0.05) is 66.7 Å². The molecule has 34 heavy (non-hydrogen) atoms. The Morgan fingerprint density at radius 1 is 0.882 bits per heavy atom. The Bertz CT molecular complexity index is 1340. The predicted octanol–water partition coefficient (Wildman–Crippen LogP) is 5.65. The number of nitrogens with one attached hydrogen (secondary N) is 1. The SMILES string of the molecule is OC(CC12CC(c3ccccc31)c1ccccc12)(c1cnc2ccccc2c1)C1CCNCC1. The molecule has 2 aliphatic carbocycles. The molecule has 0 spiro atoms. The van der Waals surface area contributed by atoms with E-state index in [1.807, 2.05) is 18.3 Å². The quantitative estimate of drug-likeness (QED) is 0.426. The maximum atomic E-state index is 12.8. The summed E-state index contributed by atoms with van der Waals surface area (Å²) in [5, 5.41) is 17.4. The van der Waals surface area contributed by atoms with Gasteiger partial charge in [-0.15, -0.1) is 0 Å². The minimum absolute atomic E-state index is 0.164. The Kier molecular flexibility index (Phi) is 4.49. The molecule has 2 bridgehead atoms. The Morgan fingerprint density at radius 2 is 1.53 bits per heavy atom. The van der Waals surface area contributed by atoms with E-state index in [1.165, 1.54) is 22.3 Å². The van der Waals surface area contributed by atoms with E-state index in [-0.39, 0.29) is 11.3 Å². The number of aromatic nitrogens is 1. The third-order valence-corrected chi connectivity index (χ3v) is 8.93. The van der Waals surface area contributed by atoms with Crippen LogP contribution in [-0.2, 0) is 11.0 Å². The molecule has 1 fully saturated rings. The van der Waals surface area contributed by atoms with Crippen molar-refractivity contribution in [2.45, 2.75) is 42.6 Å². The average molecular weight is 447 g/mol. The van der Waals surface area contributed by atoms with Crippen molar-refractivity contribution in [3.63, 3.8) is 0 Å². The molecule has 2 N–H and O–H groups in total. The Balaban J connectivity index is 1.42. The molecule has 1 atom stereocenters. The Hall–Kier alpha value is -3.01. The van der Waals surface area contributed by atoms with Gasteiger partial charge in [0.2, 0.25) is 0 Å². The van der Waals surface area contributed by atoms with Gasteiger partial charge >= 0.3 is 0 Å². The van der Waals surface area contributed by atoms with E-state index in [9.17, 15) is 5.11 Å². The zero-order valence-corrected chi connectivity index (χ0v) is 19.4. The zero-order chi connectivity index (χ0) is 22.8. The van der Waals surface area contributed by atoms with Crippen molar-refractivity contribution in [2.24, 2.45) is 5.92 Å². The van der Waals surface area contributed by atoms with Crippen molar-refractivity contribution >= 4 is 10.9 Å². The maximum Gasteiger partial charge on any atom is 0.0952 e. The average Bonchev–Trinajstić information content (AvgIpc) is 3.41. The number of piperidine rings is 1. The molecule has 0 saturated carbocycles. The van der Waals surface area contributed by atoms with E-state index in [0.29, 0.717) is 12.3 Å². The second kappa shape index (κ2) is 7.49. The third kappa shape index (κ3) is 2.80. The highest BCUT2D eigenvalue weighted by Gasteiger charge is 2.57. The standard InChI is InChI=1S/C31H30N2O/c34-31(22-13-15-32-16-14-22,23-17-21-7-1-6-12-29(21)33-19-23)20-30-18-26(24-8-2-4-10-27(24)30)25-9-3-5-11-28(25)30/h1-12,17,19,22,26,32,34H,13-16,18,20H2. The van der Waals surface area contributed by atoms with Crippen LogP contribution < -0.4 is 5.32 Å². The smallest absolute Gasteiger partial charge is 0.0952 e. The largest absolute Gasteiger partial charge is 0.385 e. The van der Waals surface area contributed by atoms with E-state index in [2.05, 4.69) is 72.0 Å². The second-order valence-corrected chi connectivity index (χ2v) is 10.6. The molecule has 0 amide bonds. The third-order valence-electron chi connectivity index (χ3n) is 8.93. The highest BCUT2D eigenvalue weighted by atomic mass is 16.3. The van der Waals surface area contributed by atoms with Crippen LogP contribution in [0.5, 0.6) is 0 Å². The van der Waals surface area contributed by atoms with Crippen LogP contribution in [0.3, 0.4) is 0 Å². The maximum absolute atomic E-state index is 12.8. The number of fused-ring (bicyclic) bond motifs is 9. The number of hydrogen-bond acceptors (Lipinski definition) is 3. The van der Waals surface area contributed by atoms with Crippen LogP contribution in [0.15, 0.2) is 85.1 Å². The molecule has 3 aromatic carbocycles. The highest BCUT2D eigenvalue weighted by molar-refractivity contribution is 5.79. The van der Waals surface area contributed by atoms with E-state index >= 15 is 0 Å². The van der Waals surface area contributed by atoms with Crippen LogP contribution >= 0.6 is 0 Å². The van der Waals surface area contributed by atoms with Gasteiger partial charge in [-0.25, -0.2) is 0 Å². The predicted molar refractivity (Wildman–Crippen MR) is 136 cm³/mol. The van der Waals surface area contributed by atoms with Crippen LogP contribution in [0.4, 0.5) is 0 Å². The molecule has 0 radical (unpaired) electrons. The molecule has 7 rings (SSSR count). The molecule has 4 aromatic rings. The fourth-order valence-electron chi connectivity index (χ4n) is 7.39. The van der Waals surface area contributed by atoms with Crippen molar-refractivity contribution in [3.05, 3.63) is 113 Å². The molecule has 1 saturated heterocycles. The summed E-state index contributed by atoms with van der Waals surface area (Å²) in [6, 6.07) is 28.3. The first-order valence-electron chi connectivity index (χ1n) is 12.7. The lowest BCUT2D eigenvalue weighted by Crippen LogP contribution is -2.46. The van der Waals surface area contributed by atoms with Crippen molar-refractivity contribution < 1.29 is 5.11 Å². The van der Waals surface area contributed by atoms with Gasteiger partial charge < -0.3 is 10.4 Å². The first-order chi connectivity index (χ1) is 16.7. The normalized spacial score (nSPS) is 25.1.